The summed E-state index contributed by atoms with van der Waals surface area (Å²) in [5.74, 6) is -1.45. The van der Waals surface area contributed by atoms with Crippen molar-refractivity contribution in [2.45, 2.75) is 18.2 Å². The number of nitrogens with zero attached hydrogens (tertiary/aromatic N) is 1. The molecule has 25 heavy (non-hydrogen) atoms. The summed E-state index contributed by atoms with van der Waals surface area (Å²) in [5, 5.41) is 30.4. The number of carboxylic acids is 1. The van der Waals surface area contributed by atoms with Crippen molar-refractivity contribution >= 4 is 5.97 Å². The molecule has 1 aliphatic heterocycles. The van der Waals surface area contributed by atoms with Crippen LogP contribution in [0.2, 0.25) is 0 Å². The topological polar surface area (TPSA) is 82.7 Å². The Morgan fingerprint density at radius 3 is 2.12 bits per heavy atom. The summed E-state index contributed by atoms with van der Waals surface area (Å²) in [6.07, 6.45) is -1.40. The molecular weight excluding hydrogens is 318 g/mol. The van der Waals surface area contributed by atoms with Gasteiger partial charge in [0.25, 0.3) is 0 Å². The molecule has 0 saturated heterocycles. The molecule has 0 saturated carbocycles. The Labute approximate surface area is 144 Å². The van der Waals surface area contributed by atoms with E-state index in [1.165, 1.54) is 0 Å². The molecule has 2 heterocycles. The number of carboxylic acid groups (broad SMARTS) is 1. The lowest BCUT2D eigenvalue weighted by atomic mass is 9.94. The molecule has 0 amide bonds. The Morgan fingerprint density at radius 1 is 1.00 bits per heavy atom. The highest BCUT2D eigenvalue weighted by molar-refractivity contribution is 5.87. The van der Waals surface area contributed by atoms with Gasteiger partial charge in [0.15, 0.2) is 0 Å². The lowest BCUT2D eigenvalue weighted by molar-refractivity contribution is -0.171. The van der Waals surface area contributed by atoms with E-state index in [4.69, 9.17) is 0 Å². The molecule has 0 aliphatic carbocycles. The molecule has 2 atom stereocenters. The highest BCUT2D eigenvalue weighted by atomic mass is 16.4. The highest BCUT2D eigenvalue weighted by Gasteiger charge is 2.53. The molecule has 126 valence electrons. The largest absolute Gasteiger partial charge is 0.479 e. The Hall–Kier alpha value is -2.89. The third-order valence-corrected chi connectivity index (χ3v) is 4.78. The number of aromatic nitrogens is 1. The van der Waals surface area contributed by atoms with Crippen molar-refractivity contribution in [3.63, 3.8) is 0 Å². The van der Waals surface area contributed by atoms with Crippen LogP contribution in [0.5, 0.6) is 0 Å². The second kappa shape index (κ2) is 5.58. The van der Waals surface area contributed by atoms with Crippen LogP contribution in [0.3, 0.4) is 0 Å². The number of benzene rings is 2. The minimum Gasteiger partial charge on any atom is -0.479 e. The average Bonchev–Trinajstić information content (AvgIpc) is 3.12. The molecule has 2 aromatic carbocycles. The molecule has 5 heteroatoms. The molecule has 3 N–H and O–H groups in total. The molecule has 2 unspecified atom stereocenters. The molecule has 3 aromatic rings. The van der Waals surface area contributed by atoms with Crippen molar-refractivity contribution in [1.29, 1.82) is 0 Å². The molecule has 0 radical (unpaired) electrons. The van der Waals surface area contributed by atoms with Gasteiger partial charge >= 0.3 is 5.97 Å². The number of aliphatic hydroxyl groups excluding tert-OH is 1. The summed E-state index contributed by atoms with van der Waals surface area (Å²) >= 11 is 0. The Bertz CT molecular complexity index is 933. The summed E-state index contributed by atoms with van der Waals surface area (Å²) in [6.45, 7) is 0.0230. The smallest absolute Gasteiger partial charge is 0.344 e. The van der Waals surface area contributed by atoms with Crippen LogP contribution in [0, 0.1) is 0 Å². The van der Waals surface area contributed by atoms with Gasteiger partial charge in [0, 0.05) is 5.56 Å². The van der Waals surface area contributed by atoms with Crippen molar-refractivity contribution in [2.24, 2.45) is 0 Å². The standard InChI is InChI=1S/C20H17NO4/c22-17-12-21-16(20(17,25)19(23)24)11-15(13-7-3-1-4-8-13)18(21)14-9-5-2-6-10-14/h1-11,17,22,25H,12H2,(H,23,24). The molecule has 0 bridgehead atoms. The monoisotopic (exact) mass is 335 g/mol. The SMILES string of the molecule is O=C(O)C1(O)c2cc(-c3ccccc3)c(-c3ccccc3)n2CC1O. The number of aliphatic hydroxyl groups is 2. The molecular formula is C20H17NO4. The fourth-order valence-electron chi connectivity index (χ4n) is 3.53. The van der Waals surface area contributed by atoms with Gasteiger partial charge in [0.05, 0.1) is 17.9 Å². The predicted octanol–water partition coefficient (Wildman–Crippen LogP) is 2.47. The predicted molar refractivity (Wildman–Crippen MR) is 92.8 cm³/mol. The second-order valence-electron chi connectivity index (χ2n) is 6.22. The van der Waals surface area contributed by atoms with Crippen LogP contribution < -0.4 is 0 Å². The van der Waals surface area contributed by atoms with Crippen molar-refractivity contribution in [3.8, 4) is 22.4 Å². The first-order valence-electron chi connectivity index (χ1n) is 8.02. The van der Waals surface area contributed by atoms with Gasteiger partial charge in [0.1, 0.15) is 6.10 Å². The first-order chi connectivity index (χ1) is 12.0. The summed E-state index contributed by atoms with van der Waals surface area (Å²) < 4.78 is 1.70. The van der Waals surface area contributed by atoms with Crippen LogP contribution in [0.4, 0.5) is 0 Å². The van der Waals surface area contributed by atoms with Gasteiger partial charge in [-0.05, 0) is 17.2 Å². The lowest BCUT2D eigenvalue weighted by Gasteiger charge is -2.20. The van der Waals surface area contributed by atoms with Gasteiger partial charge < -0.3 is 19.9 Å². The Balaban J connectivity index is 2.02. The van der Waals surface area contributed by atoms with E-state index in [0.717, 1.165) is 22.4 Å². The van der Waals surface area contributed by atoms with Gasteiger partial charge in [-0.15, -0.1) is 0 Å². The van der Waals surface area contributed by atoms with Crippen LogP contribution >= 0.6 is 0 Å². The number of hydrogen-bond acceptors (Lipinski definition) is 3. The van der Waals surface area contributed by atoms with E-state index in [1.807, 2.05) is 60.7 Å². The molecule has 1 aromatic heterocycles. The van der Waals surface area contributed by atoms with E-state index in [1.54, 1.807) is 10.6 Å². The van der Waals surface area contributed by atoms with E-state index < -0.39 is 17.7 Å². The number of carbonyl (C=O) groups is 1. The number of fused-ring (bicyclic) bond motifs is 1. The van der Waals surface area contributed by atoms with E-state index in [0.29, 0.717) is 0 Å². The van der Waals surface area contributed by atoms with E-state index >= 15 is 0 Å². The first-order valence-corrected chi connectivity index (χ1v) is 8.02. The van der Waals surface area contributed by atoms with Crippen LogP contribution in [0.25, 0.3) is 22.4 Å². The maximum absolute atomic E-state index is 11.7. The van der Waals surface area contributed by atoms with E-state index in [9.17, 15) is 20.1 Å². The normalized spacial score (nSPS) is 21.9. The highest BCUT2D eigenvalue weighted by Crippen LogP contribution is 2.44. The van der Waals surface area contributed by atoms with Crippen LogP contribution in [0.15, 0.2) is 66.7 Å². The van der Waals surface area contributed by atoms with Crippen molar-refractivity contribution in [2.75, 3.05) is 0 Å². The van der Waals surface area contributed by atoms with Crippen molar-refractivity contribution < 1.29 is 20.1 Å². The summed E-state index contributed by atoms with van der Waals surface area (Å²) in [6, 6.07) is 20.8. The minimum atomic E-state index is -2.31. The van der Waals surface area contributed by atoms with Gasteiger partial charge in [0.2, 0.25) is 5.60 Å². The molecule has 1 aliphatic rings. The fourth-order valence-corrected chi connectivity index (χ4v) is 3.53. The van der Waals surface area contributed by atoms with E-state index in [-0.39, 0.29) is 12.2 Å². The maximum atomic E-state index is 11.7. The molecule has 4 rings (SSSR count). The number of aliphatic carboxylic acids is 1. The van der Waals surface area contributed by atoms with Crippen LogP contribution in [-0.4, -0.2) is 32.0 Å². The molecule has 0 spiro atoms. The van der Waals surface area contributed by atoms with Crippen molar-refractivity contribution in [3.05, 3.63) is 72.4 Å². The van der Waals surface area contributed by atoms with Gasteiger partial charge in [-0.1, -0.05) is 60.7 Å². The zero-order valence-corrected chi connectivity index (χ0v) is 13.3. The summed E-state index contributed by atoms with van der Waals surface area (Å²) in [4.78, 5) is 11.7. The summed E-state index contributed by atoms with van der Waals surface area (Å²) in [7, 11) is 0. The van der Waals surface area contributed by atoms with Crippen molar-refractivity contribution in [1.82, 2.24) is 4.57 Å². The quantitative estimate of drug-likeness (QED) is 0.687. The van der Waals surface area contributed by atoms with Crippen LogP contribution in [-0.2, 0) is 16.9 Å². The molecule has 0 fully saturated rings. The Morgan fingerprint density at radius 2 is 1.56 bits per heavy atom. The third-order valence-electron chi connectivity index (χ3n) is 4.78. The zero-order chi connectivity index (χ0) is 17.6. The number of hydrogen-bond donors (Lipinski definition) is 3. The Kier molecular flexibility index (Phi) is 3.49. The number of rotatable bonds is 3. The van der Waals surface area contributed by atoms with Gasteiger partial charge in [-0.2, -0.15) is 0 Å². The zero-order valence-electron chi connectivity index (χ0n) is 13.3. The third kappa shape index (κ3) is 2.21. The molecule has 5 nitrogen and oxygen atoms in total. The lowest BCUT2D eigenvalue weighted by Crippen LogP contribution is -2.43. The minimum absolute atomic E-state index is 0.0230. The fraction of sp³-hybridized carbons (Fsp3) is 0.150. The van der Waals surface area contributed by atoms with E-state index in [2.05, 4.69) is 0 Å². The second-order valence-corrected chi connectivity index (χ2v) is 6.22. The maximum Gasteiger partial charge on any atom is 0.344 e. The summed E-state index contributed by atoms with van der Waals surface area (Å²) in [5.41, 5.74) is 1.33. The van der Waals surface area contributed by atoms with Gasteiger partial charge in [-0.3, -0.25) is 0 Å². The van der Waals surface area contributed by atoms with Gasteiger partial charge in [-0.25, -0.2) is 4.79 Å². The average molecular weight is 335 g/mol. The first kappa shape index (κ1) is 15.6. The van der Waals surface area contributed by atoms with Crippen LogP contribution in [0.1, 0.15) is 5.69 Å².